The Morgan fingerprint density at radius 2 is 1.85 bits per heavy atom. The third-order valence-corrected chi connectivity index (χ3v) is 6.54. The molecule has 168 valence electrons. The first kappa shape index (κ1) is 21.5. The predicted octanol–water partition coefficient (Wildman–Crippen LogP) is 5.51. The number of hydrogen-bond donors (Lipinski definition) is 3. The highest BCUT2D eigenvalue weighted by atomic mass is 32.1. The molecular weight excluding hydrogens is 444 g/mol. The summed E-state index contributed by atoms with van der Waals surface area (Å²) in [7, 11) is 0. The highest BCUT2D eigenvalue weighted by Gasteiger charge is 2.13. The fourth-order valence-corrected chi connectivity index (χ4v) is 4.54. The fourth-order valence-electron chi connectivity index (χ4n) is 3.59. The van der Waals surface area contributed by atoms with Crippen molar-refractivity contribution in [1.82, 2.24) is 15.0 Å². The van der Waals surface area contributed by atoms with Crippen molar-refractivity contribution in [3.8, 4) is 10.4 Å². The molecule has 0 aliphatic rings. The molecule has 0 fully saturated rings. The smallest absolute Gasteiger partial charge is 0.259 e. The van der Waals surface area contributed by atoms with Gasteiger partial charge >= 0.3 is 0 Å². The first-order chi connectivity index (χ1) is 16.6. The van der Waals surface area contributed by atoms with Crippen LogP contribution in [-0.2, 0) is 6.54 Å². The number of aromatic nitrogens is 3. The van der Waals surface area contributed by atoms with Gasteiger partial charge in [0.05, 0.1) is 17.6 Å². The maximum absolute atomic E-state index is 12.8. The van der Waals surface area contributed by atoms with E-state index in [-0.39, 0.29) is 5.91 Å². The second-order valence-electron chi connectivity index (χ2n) is 7.83. The van der Waals surface area contributed by atoms with Crippen molar-refractivity contribution in [3.05, 3.63) is 95.3 Å². The Morgan fingerprint density at radius 3 is 2.71 bits per heavy atom. The summed E-state index contributed by atoms with van der Waals surface area (Å²) in [5.41, 5.74) is 10.3. The summed E-state index contributed by atoms with van der Waals surface area (Å²) in [5, 5.41) is 7.08. The quantitative estimate of drug-likeness (QED) is 0.305. The van der Waals surface area contributed by atoms with E-state index >= 15 is 0 Å². The van der Waals surface area contributed by atoms with Gasteiger partial charge in [0.2, 0.25) is 0 Å². The van der Waals surface area contributed by atoms with E-state index in [4.69, 9.17) is 5.73 Å². The van der Waals surface area contributed by atoms with Crippen molar-refractivity contribution < 1.29 is 4.79 Å². The number of fused-ring (bicyclic) bond motifs is 1. The van der Waals surface area contributed by atoms with E-state index in [1.165, 1.54) is 6.33 Å². The van der Waals surface area contributed by atoms with Gasteiger partial charge in [-0.2, -0.15) is 0 Å². The molecule has 0 atom stereocenters. The zero-order valence-corrected chi connectivity index (χ0v) is 19.3. The summed E-state index contributed by atoms with van der Waals surface area (Å²) in [4.78, 5) is 27.8. The summed E-state index contributed by atoms with van der Waals surface area (Å²) in [6.07, 6.45) is 3.14. The molecular formula is C26H22N6OS. The number of nitrogens with two attached hydrogens (primary N) is 1. The summed E-state index contributed by atoms with van der Waals surface area (Å²) in [6, 6.07) is 21.4. The molecule has 0 spiro atoms. The molecule has 2 aromatic carbocycles. The van der Waals surface area contributed by atoms with Crippen LogP contribution in [-0.4, -0.2) is 20.9 Å². The first-order valence-electron chi connectivity index (χ1n) is 10.7. The monoisotopic (exact) mass is 466 g/mol. The van der Waals surface area contributed by atoms with Gasteiger partial charge in [-0.3, -0.25) is 4.79 Å². The van der Waals surface area contributed by atoms with Crippen LogP contribution in [0.5, 0.6) is 0 Å². The molecule has 8 heteroatoms. The molecule has 5 aromatic rings. The third-order valence-electron chi connectivity index (χ3n) is 5.40. The minimum Gasteiger partial charge on any atom is -0.383 e. The van der Waals surface area contributed by atoms with Crippen LogP contribution in [0.25, 0.3) is 21.3 Å². The lowest BCUT2D eigenvalue weighted by Gasteiger charge is -2.11. The van der Waals surface area contributed by atoms with Gasteiger partial charge in [-0.05, 0) is 61.0 Å². The van der Waals surface area contributed by atoms with Gasteiger partial charge in [0.15, 0.2) is 0 Å². The number of pyridine rings is 1. The van der Waals surface area contributed by atoms with E-state index in [0.717, 1.165) is 37.5 Å². The number of benzene rings is 2. The van der Waals surface area contributed by atoms with Crippen molar-refractivity contribution >= 4 is 45.5 Å². The van der Waals surface area contributed by atoms with Crippen molar-refractivity contribution in [3.63, 3.8) is 0 Å². The molecule has 0 bridgehead atoms. The Kier molecular flexibility index (Phi) is 5.88. The molecule has 0 radical (unpaired) electrons. The van der Waals surface area contributed by atoms with Crippen molar-refractivity contribution in [2.45, 2.75) is 13.5 Å². The van der Waals surface area contributed by atoms with Crippen LogP contribution in [0.15, 0.2) is 79.3 Å². The topological polar surface area (TPSA) is 106 Å². The highest BCUT2D eigenvalue weighted by Crippen LogP contribution is 2.31. The lowest BCUT2D eigenvalue weighted by Crippen LogP contribution is -2.15. The van der Waals surface area contributed by atoms with Crippen LogP contribution in [0.3, 0.4) is 0 Å². The molecule has 3 aromatic heterocycles. The number of nitrogen functional groups attached to an aromatic ring is 1. The molecule has 0 unspecified atom stereocenters. The molecule has 0 saturated heterocycles. The Balaban J connectivity index is 1.31. The van der Waals surface area contributed by atoms with E-state index in [1.807, 2.05) is 49.4 Å². The Bertz CT molecular complexity index is 1480. The Labute approximate surface area is 200 Å². The number of amides is 1. The molecule has 0 aliphatic heterocycles. The van der Waals surface area contributed by atoms with Gasteiger partial charge in [-0.25, -0.2) is 15.0 Å². The molecule has 0 aliphatic carbocycles. The number of rotatable bonds is 6. The van der Waals surface area contributed by atoms with Crippen molar-refractivity contribution in [2.24, 2.45) is 0 Å². The van der Waals surface area contributed by atoms with Crippen molar-refractivity contribution in [2.75, 3.05) is 16.4 Å². The van der Waals surface area contributed by atoms with E-state index in [1.54, 1.807) is 29.7 Å². The summed E-state index contributed by atoms with van der Waals surface area (Å²) < 4.78 is 0. The number of nitrogens with one attached hydrogen (secondary N) is 2. The predicted molar refractivity (Wildman–Crippen MR) is 138 cm³/mol. The summed E-state index contributed by atoms with van der Waals surface area (Å²) in [6.45, 7) is 2.56. The van der Waals surface area contributed by atoms with E-state index in [0.29, 0.717) is 23.7 Å². The fraction of sp³-hybridized carbons (Fsp3) is 0.0769. The molecule has 4 N–H and O–H groups in total. The standard InChI is InChI=1S/C26H22N6OS/c1-16-4-7-18(8-5-16)32-26(33)20-3-2-12-28-25(20)29-14-19-9-11-23(34-19)17-6-10-22-21(13-17)24(27)31-15-30-22/h2-13,15H,14H2,1H3,(H,28,29)(H,32,33)(H2,27,30,31). The van der Waals surface area contributed by atoms with Gasteiger partial charge in [0, 0.05) is 27.0 Å². The minimum absolute atomic E-state index is 0.206. The molecule has 3 heterocycles. The van der Waals surface area contributed by atoms with Crippen molar-refractivity contribution in [1.29, 1.82) is 0 Å². The molecule has 34 heavy (non-hydrogen) atoms. The number of nitrogens with zero attached hydrogens (tertiary/aromatic N) is 3. The van der Waals surface area contributed by atoms with Gasteiger partial charge in [0.1, 0.15) is 18.0 Å². The zero-order valence-electron chi connectivity index (χ0n) is 18.4. The number of anilines is 3. The summed E-state index contributed by atoms with van der Waals surface area (Å²) >= 11 is 1.67. The molecule has 7 nitrogen and oxygen atoms in total. The van der Waals surface area contributed by atoms with E-state index in [9.17, 15) is 4.79 Å². The Hall–Kier alpha value is -4.30. The van der Waals surface area contributed by atoms with Gasteiger partial charge < -0.3 is 16.4 Å². The normalized spacial score (nSPS) is 10.9. The summed E-state index contributed by atoms with van der Waals surface area (Å²) in [5.74, 6) is 0.803. The molecule has 1 amide bonds. The second-order valence-corrected chi connectivity index (χ2v) is 9.00. The average Bonchev–Trinajstić information content (AvgIpc) is 3.33. The molecule has 0 saturated carbocycles. The number of thiophene rings is 1. The highest BCUT2D eigenvalue weighted by molar-refractivity contribution is 7.15. The number of hydrogen-bond acceptors (Lipinski definition) is 7. The largest absolute Gasteiger partial charge is 0.383 e. The lowest BCUT2D eigenvalue weighted by molar-refractivity contribution is 0.102. The van der Waals surface area contributed by atoms with E-state index < -0.39 is 0 Å². The van der Waals surface area contributed by atoms with Crippen LogP contribution in [0.2, 0.25) is 0 Å². The Morgan fingerprint density at radius 1 is 1.00 bits per heavy atom. The SMILES string of the molecule is Cc1ccc(NC(=O)c2cccnc2NCc2ccc(-c3ccc4ncnc(N)c4c3)s2)cc1. The van der Waals surface area contributed by atoms with Gasteiger partial charge in [-0.1, -0.05) is 23.8 Å². The molecule has 5 rings (SSSR count). The van der Waals surface area contributed by atoms with Gasteiger partial charge in [-0.15, -0.1) is 11.3 Å². The van der Waals surface area contributed by atoms with Crippen LogP contribution < -0.4 is 16.4 Å². The number of aryl methyl sites for hydroxylation is 1. The third kappa shape index (κ3) is 4.57. The van der Waals surface area contributed by atoms with Crippen LogP contribution in [0.1, 0.15) is 20.8 Å². The van der Waals surface area contributed by atoms with Crippen LogP contribution in [0.4, 0.5) is 17.3 Å². The maximum atomic E-state index is 12.8. The van der Waals surface area contributed by atoms with Gasteiger partial charge in [0.25, 0.3) is 5.91 Å². The van der Waals surface area contributed by atoms with Crippen LogP contribution >= 0.6 is 11.3 Å². The van der Waals surface area contributed by atoms with Crippen LogP contribution in [0, 0.1) is 6.92 Å². The lowest BCUT2D eigenvalue weighted by atomic mass is 10.1. The number of carbonyl (C=O) groups excluding carboxylic acids is 1. The average molecular weight is 467 g/mol. The van der Waals surface area contributed by atoms with E-state index in [2.05, 4.69) is 37.7 Å². The minimum atomic E-state index is -0.206. The first-order valence-corrected chi connectivity index (χ1v) is 11.5. The number of carbonyl (C=O) groups is 1. The second kappa shape index (κ2) is 9.29. The zero-order chi connectivity index (χ0) is 23.5. The maximum Gasteiger partial charge on any atom is 0.259 e.